The third-order valence-corrected chi connectivity index (χ3v) is 4.43. The summed E-state index contributed by atoms with van der Waals surface area (Å²) in [7, 11) is -1.29. The van der Waals surface area contributed by atoms with E-state index in [-0.39, 0.29) is 4.90 Å². The van der Waals surface area contributed by atoms with Crippen LogP contribution in [0.2, 0.25) is 0 Å². The molecule has 5 nitrogen and oxygen atoms in total. The van der Waals surface area contributed by atoms with Crippen molar-refractivity contribution in [2.24, 2.45) is 0 Å². The van der Waals surface area contributed by atoms with Gasteiger partial charge in [0, 0.05) is 32.2 Å². The van der Waals surface area contributed by atoms with Gasteiger partial charge in [-0.25, -0.2) is 8.42 Å². The minimum absolute atomic E-state index is 0.242. The predicted molar refractivity (Wildman–Crippen MR) is 85.2 cm³/mol. The van der Waals surface area contributed by atoms with Crippen molar-refractivity contribution in [3.63, 3.8) is 0 Å². The Kier molecular flexibility index (Phi) is 4.47. The zero-order valence-corrected chi connectivity index (χ0v) is 13.0. The smallest absolute Gasteiger partial charge is 0.175 e. The molecular weight excluding hydrogens is 286 g/mol. The molecule has 0 aliphatic carbocycles. The highest BCUT2D eigenvalue weighted by Gasteiger charge is 2.11. The number of benzene rings is 1. The molecule has 0 saturated heterocycles. The molecule has 1 aromatic carbocycles. The molecule has 2 N–H and O–H groups in total. The van der Waals surface area contributed by atoms with Gasteiger partial charge in [-0.3, -0.25) is 4.98 Å². The first-order valence-electron chi connectivity index (χ1n) is 6.57. The van der Waals surface area contributed by atoms with Crippen LogP contribution >= 0.6 is 0 Å². The van der Waals surface area contributed by atoms with Gasteiger partial charge in [-0.05, 0) is 42.3 Å². The fraction of sp³-hybridized carbons (Fsp3) is 0.267. The van der Waals surface area contributed by atoms with Crippen molar-refractivity contribution in [1.82, 2.24) is 4.98 Å². The van der Waals surface area contributed by atoms with E-state index in [9.17, 15) is 8.42 Å². The summed E-state index contributed by atoms with van der Waals surface area (Å²) in [5.74, 6) is 0. The molecule has 0 bridgehead atoms. The molecule has 0 amide bonds. The molecule has 2 rings (SSSR count). The minimum Gasteiger partial charge on any atom is -0.397 e. The summed E-state index contributed by atoms with van der Waals surface area (Å²) in [6, 6.07) is 8.80. The van der Waals surface area contributed by atoms with E-state index in [1.54, 1.807) is 24.5 Å². The van der Waals surface area contributed by atoms with Crippen molar-refractivity contribution in [3.05, 3.63) is 48.3 Å². The summed E-state index contributed by atoms with van der Waals surface area (Å²) < 4.78 is 23.0. The second-order valence-corrected chi connectivity index (χ2v) is 7.04. The van der Waals surface area contributed by atoms with Crippen LogP contribution in [0, 0.1) is 0 Å². The quantitative estimate of drug-likeness (QED) is 0.852. The van der Waals surface area contributed by atoms with Gasteiger partial charge in [0.2, 0.25) is 0 Å². The van der Waals surface area contributed by atoms with Gasteiger partial charge in [0.25, 0.3) is 0 Å². The zero-order valence-electron chi connectivity index (χ0n) is 12.2. The Morgan fingerprint density at radius 3 is 2.43 bits per heavy atom. The standard InChI is InChI=1S/C15H19N3O2S/c1-18(10-7-12-5-8-17-9-6-12)15-4-3-13(11-14(15)16)21(2,19)20/h3-6,8-9,11H,7,10,16H2,1-2H3. The number of nitrogens with two attached hydrogens (primary N) is 1. The molecule has 0 spiro atoms. The number of nitrogen functional groups attached to an aromatic ring is 1. The number of pyridine rings is 1. The molecular formula is C15H19N3O2S. The summed E-state index contributed by atoms with van der Waals surface area (Å²) in [6.45, 7) is 0.784. The Labute approximate surface area is 125 Å². The number of likely N-dealkylation sites (N-methyl/N-ethyl adjacent to an activating group) is 1. The van der Waals surface area contributed by atoms with E-state index in [2.05, 4.69) is 4.98 Å². The van der Waals surface area contributed by atoms with Crippen molar-refractivity contribution >= 4 is 21.2 Å². The van der Waals surface area contributed by atoms with E-state index >= 15 is 0 Å². The van der Waals surface area contributed by atoms with Crippen molar-refractivity contribution in [1.29, 1.82) is 0 Å². The Balaban J connectivity index is 2.11. The molecule has 2 aromatic rings. The average Bonchev–Trinajstić information content (AvgIpc) is 2.45. The molecule has 112 valence electrons. The fourth-order valence-electron chi connectivity index (χ4n) is 2.08. The van der Waals surface area contributed by atoms with E-state index in [0.717, 1.165) is 18.7 Å². The van der Waals surface area contributed by atoms with Crippen LogP contribution < -0.4 is 10.6 Å². The summed E-state index contributed by atoms with van der Waals surface area (Å²) in [6.07, 6.45) is 5.58. The molecule has 0 fully saturated rings. The molecule has 1 aromatic heterocycles. The Morgan fingerprint density at radius 1 is 1.19 bits per heavy atom. The third kappa shape index (κ3) is 3.95. The lowest BCUT2D eigenvalue weighted by atomic mass is 10.2. The third-order valence-electron chi connectivity index (χ3n) is 3.32. The summed E-state index contributed by atoms with van der Waals surface area (Å²) in [5, 5.41) is 0. The van der Waals surface area contributed by atoms with E-state index in [1.807, 2.05) is 24.1 Å². The van der Waals surface area contributed by atoms with Crippen LogP contribution in [0.25, 0.3) is 0 Å². The molecule has 0 radical (unpaired) electrons. The summed E-state index contributed by atoms with van der Waals surface area (Å²) in [4.78, 5) is 6.24. The molecule has 0 saturated carbocycles. The van der Waals surface area contributed by atoms with Crippen molar-refractivity contribution < 1.29 is 8.42 Å². The number of sulfone groups is 1. The lowest BCUT2D eigenvalue weighted by Crippen LogP contribution is -2.21. The van der Waals surface area contributed by atoms with Crippen LogP contribution in [0.3, 0.4) is 0 Å². The Bertz CT molecular complexity index is 715. The highest BCUT2D eigenvalue weighted by molar-refractivity contribution is 7.90. The summed E-state index contributed by atoms with van der Waals surface area (Å²) in [5.41, 5.74) is 8.47. The largest absolute Gasteiger partial charge is 0.397 e. The number of nitrogens with zero attached hydrogens (tertiary/aromatic N) is 2. The van der Waals surface area contributed by atoms with Crippen LogP contribution in [0.1, 0.15) is 5.56 Å². The number of hydrogen-bond donors (Lipinski definition) is 1. The maximum absolute atomic E-state index is 11.5. The number of aromatic nitrogens is 1. The van der Waals surface area contributed by atoms with Crippen molar-refractivity contribution in [3.8, 4) is 0 Å². The Morgan fingerprint density at radius 2 is 1.86 bits per heavy atom. The first-order valence-corrected chi connectivity index (χ1v) is 8.46. The molecule has 0 atom stereocenters. The molecule has 1 heterocycles. The maximum atomic E-state index is 11.5. The average molecular weight is 305 g/mol. The van der Waals surface area contributed by atoms with Crippen LogP contribution in [0.4, 0.5) is 11.4 Å². The number of rotatable bonds is 5. The zero-order chi connectivity index (χ0) is 15.5. The van der Waals surface area contributed by atoms with Gasteiger partial charge >= 0.3 is 0 Å². The van der Waals surface area contributed by atoms with Gasteiger partial charge in [-0.2, -0.15) is 0 Å². The predicted octanol–water partition coefficient (Wildman–Crippen LogP) is 1.75. The second kappa shape index (κ2) is 6.13. The van der Waals surface area contributed by atoms with E-state index < -0.39 is 9.84 Å². The fourth-order valence-corrected chi connectivity index (χ4v) is 2.73. The first-order chi connectivity index (χ1) is 9.88. The summed E-state index contributed by atoms with van der Waals surface area (Å²) >= 11 is 0. The van der Waals surface area contributed by atoms with Gasteiger partial charge in [-0.1, -0.05) is 0 Å². The topological polar surface area (TPSA) is 76.3 Å². The highest BCUT2D eigenvalue weighted by atomic mass is 32.2. The van der Waals surface area contributed by atoms with E-state index in [1.165, 1.54) is 17.9 Å². The normalized spacial score (nSPS) is 11.3. The van der Waals surface area contributed by atoms with E-state index in [0.29, 0.717) is 5.69 Å². The van der Waals surface area contributed by atoms with Gasteiger partial charge < -0.3 is 10.6 Å². The highest BCUT2D eigenvalue weighted by Crippen LogP contribution is 2.25. The van der Waals surface area contributed by atoms with Crippen LogP contribution in [-0.4, -0.2) is 33.2 Å². The molecule has 6 heteroatoms. The number of hydrogen-bond acceptors (Lipinski definition) is 5. The van der Waals surface area contributed by atoms with Crippen molar-refractivity contribution in [2.45, 2.75) is 11.3 Å². The lowest BCUT2D eigenvalue weighted by molar-refractivity contribution is 0.602. The molecule has 0 aliphatic heterocycles. The SMILES string of the molecule is CN(CCc1ccncc1)c1ccc(S(C)(=O)=O)cc1N. The van der Waals surface area contributed by atoms with Gasteiger partial charge in [0.1, 0.15) is 0 Å². The maximum Gasteiger partial charge on any atom is 0.175 e. The van der Waals surface area contributed by atoms with Gasteiger partial charge in [0.15, 0.2) is 9.84 Å². The molecule has 0 aliphatic rings. The van der Waals surface area contributed by atoms with Crippen molar-refractivity contribution in [2.75, 3.05) is 30.5 Å². The van der Waals surface area contributed by atoms with Gasteiger partial charge in [-0.15, -0.1) is 0 Å². The van der Waals surface area contributed by atoms with Crippen LogP contribution in [-0.2, 0) is 16.3 Å². The monoisotopic (exact) mass is 305 g/mol. The number of anilines is 2. The second-order valence-electron chi connectivity index (χ2n) is 5.02. The molecule has 21 heavy (non-hydrogen) atoms. The minimum atomic E-state index is -3.23. The lowest BCUT2D eigenvalue weighted by Gasteiger charge is -2.21. The van der Waals surface area contributed by atoms with Crippen LogP contribution in [0.5, 0.6) is 0 Å². The van der Waals surface area contributed by atoms with Gasteiger partial charge in [0.05, 0.1) is 16.3 Å². The Hall–Kier alpha value is -2.08. The van der Waals surface area contributed by atoms with E-state index in [4.69, 9.17) is 5.73 Å². The first kappa shape index (κ1) is 15.3. The molecule has 0 unspecified atom stereocenters. The van der Waals surface area contributed by atoms with Crippen LogP contribution in [0.15, 0.2) is 47.6 Å².